The molecule has 0 heterocycles. The monoisotopic (exact) mass is 198 g/mol. The molecule has 0 radical (unpaired) electrons. The molecular weight excluding hydrogens is 188 g/mol. The molecule has 0 bridgehead atoms. The second kappa shape index (κ2) is 5.17. The van der Waals surface area contributed by atoms with Gasteiger partial charge in [-0.05, 0) is 6.26 Å². The molecule has 0 atom stereocenters. The van der Waals surface area contributed by atoms with Crippen molar-refractivity contribution in [2.45, 2.75) is 0 Å². The summed E-state index contributed by atoms with van der Waals surface area (Å²) in [5.41, 5.74) is 1.03. The van der Waals surface area contributed by atoms with Crippen LogP contribution in [-0.2, 0) is 4.18 Å². The van der Waals surface area contributed by atoms with Crippen molar-refractivity contribution in [3.05, 3.63) is 42.5 Å². The van der Waals surface area contributed by atoms with Gasteiger partial charge in [0.05, 0.1) is 0 Å². The van der Waals surface area contributed by atoms with E-state index in [1.54, 1.807) is 10.8 Å². The topological polar surface area (TPSA) is 9.23 Å². The lowest BCUT2D eigenvalue weighted by Gasteiger charge is -2.04. The molecule has 0 amide bonds. The highest BCUT2D eigenvalue weighted by Crippen LogP contribution is 2.26. The molecule has 0 aliphatic heterocycles. The Labute approximate surface area is 80.8 Å². The van der Waals surface area contributed by atoms with Gasteiger partial charge in [-0.25, -0.2) is 0 Å². The molecular formula is C9H10OS2. The lowest BCUT2D eigenvalue weighted by molar-refractivity contribution is 0.615. The number of rotatable bonds is 4. The first kappa shape index (κ1) is 9.55. The number of hydrogen-bond acceptors (Lipinski definition) is 3. The Bertz CT molecular complexity index is 246. The van der Waals surface area contributed by atoms with E-state index in [2.05, 4.69) is 6.58 Å². The average Bonchev–Trinajstić information content (AvgIpc) is 2.15. The quantitative estimate of drug-likeness (QED) is 0.415. The van der Waals surface area contributed by atoms with Crippen molar-refractivity contribution in [2.24, 2.45) is 0 Å². The van der Waals surface area contributed by atoms with E-state index in [4.69, 9.17) is 4.18 Å². The van der Waals surface area contributed by atoms with Gasteiger partial charge in [0.25, 0.3) is 0 Å². The molecule has 1 aromatic carbocycles. The number of benzene rings is 1. The Kier molecular flexibility index (Phi) is 4.11. The Morgan fingerprint density at radius 2 is 2.00 bits per heavy atom. The maximum atomic E-state index is 5.26. The van der Waals surface area contributed by atoms with Crippen molar-refractivity contribution < 1.29 is 4.18 Å². The normalized spacial score (nSPS) is 9.42. The van der Waals surface area contributed by atoms with Gasteiger partial charge in [0, 0.05) is 5.56 Å². The van der Waals surface area contributed by atoms with Crippen molar-refractivity contribution in [3.8, 4) is 0 Å². The molecule has 0 aliphatic carbocycles. The van der Waals surface area contributed by atoms with Crippen LogP contribution in [0.25, 0.3) is 5.76 Å². The van der Waals surface area contributed by atoms with Gasteiger partial charge in [-0.1, -0.05) is 47.7 Å². The Hall–Kier alpha value is -0.540. The molecule has 0 aromatic heterocycles. The minimum atomic E-state index is 0.704. The van der Waals surface area contributed by atoms with Gasteiger partial charge < -0.3 is 4.18 Å². The third kappa shape index (κ3) is 2.83. The van der Waals surface area contributed by atoms with Crippen LogP contribution in [0.3, 0.4) is 0 Å². The SMILES string of the molecule is C=C(OSSC)c1ccccc1. The van der Waals surface area contributed by atoms with Crippen LogP contribution in [0.4, 0.5) is 0 Å². The highest BCUT2D eigenvalue weighted by atomic mass is 33.1. The van der Waals surface area contributed by atoms with Crippen LogP contribution in [0.5, 0.6) is 0 Å². The lowest BCUT2D eigenvalue weighted by atomic mass is 10.2. The Morgan fingerprint density at radius 3 is 2.58 bits per heavy atom. The Morgan fingerprint density at radius 1 is 1.33 bits per heavy atom. The van der Waals surface area contributed by atoms with E-state index in [1.165, 1.54) is 11.1 Å². The molecule has 0 fully saturated rings. The molecule has 64 valence electrons. The molecule has 1 rings (SSSR count). The van der Waals surface area contributed by atoms with Gasteiger partial charge in [0.2, 0.25) is 0 Å². The van der Waals surface area contributed by atoms with Crippen molar-refractivity contribution >= 4 is 27.6 Å². The van der Waals surface area contributed by atoms with E-state index in [0.29, 0.717) is 5.76 Å². The van der Waals surface area contributed by atoms with Crippen LogP contribution < -0.4 is 0 Å². The highest BCUT2D eigenvalue weighted by molar-refractivity contribution is 8.74. The molecule has 1 nitrogen and oxygen atoms in total. The smallest absolute Gasteiger partial charge is 0.138 e. The van der Waals surface area contributed by atoms with Gasteiger partial charge in [0.1, 0.15) is 16.8 Å². The third-order valence-electron chi connectivity index (χ3n) is 1.30. The summed E-state index contributed by atoms with van der Waals surface area (Å²) >= 11 is 1.33. The first-order valence-electron chi connectivity index (χ1n) is 3.46. The lowest BCUT2D eigenvalue weighted by Crippen LogP contribution is -1.80. The van der Waals surface area contributed by atoms with Crippen molar-refractivity contribution in [1.82, 2.24) is 0 Å². The van der Waals surface area contributed by atoms with E-state index in [9.17, 15) is 0 Å². The van der Waals surface area contributed by atoms with Crippen LogP contribution in [0.2, 0.25) is 0 Å². The van der Waals surface area contributed by atoms with Gasteiger partial charge in [0.15, 0.2) is 0 Å². The minimum Gasteiger partial charge on any atom is -0.414 e. The molecule has 0 spiro atoms. The minimum absolute atomic E-state index is 0.704. The van der Waals surface area contributed by atoms with Gasteiger partial charge in [-0.3, -0.25) is 0 Å². The fourth-order valence-electron chi connectivity index (χ4n) is 0.747. The summed E-state index contributed by atoms with van der Waals surface area (Å²) in [6.07, 6.45) is 1.96. The zero-order valence-corrected chi connectivity index (χ0v) is 8.45. The molecule has 0 unspecified atom stereocenters. The van der Waals surface area contributed by atoms with Crippen LogP contribution in [0, 0.1) is 0 Å². The predicted molar refractivity (Wildman–Crippen MR) is 57.7 cm³/mol. The molecule has 0 aliphatic rings. The van der Waals surface area contributed by atoms with Crippen molar-refractivity contribution in [3.63, 3.8) is 0 Å². The van der Waals surface area contributed by atoms with Crippen LogP contribution in [0.1, 0.15) is 5.56 Å². The second-order valence-electron chi connectivity index (χ2n) is 2.11. The predicted octanol–water partition coefficient (Wildman–Crippen LogP) is 3.60. The maximum absolute atomic E-state index is 5.26. The zero-order chi connectivity index (χ0) is 8.81. The fraction of sp³-hybridized carbons (Fsp3) is 0.111. The standard InChI is InChI=1S/C9H10OS2/c1-8(10-12-11-2)9-6-4-3-5-7-9/h3-7H,1H2,2H3. The fourth-order valence-corrected chi connectivity index (χ4v) is 1.44. The van der Waals surface area contributed by atoms with E-state index < -0.39 is 0 Å². The second-order valence-corrected chi connectivity index (χ2v) is 4.15. The van der Waals surface area contributed by atoms with E-state index in [0.717, 1.165) is 5.56 Å². The molecule has 1 aromatic rings. The summed E-state index contributed by atoms with van der Waals surface area (Å²) in [6.45, 7) is 3.81. The van der Waals surface area contributed by atoms with Crippen molar-refractivity contribution in [2.75, 3.05) is 6.26 Å². The summed E-state index contributed by atoms with van der Waals surface area (Å²) in [4.78, 5) is 0. The number of hydrogen-bond donors (Lipinski definition) is 0. The molecule has 12 heavy (non-hydrogen) atoms. The van der Waals surface area contributed by atoms with Crippen LogP contribution in [0.15, 0.2) is 36.9 Å². The molecule has 0 saturated carbocycles. The molecule has 0 saturated heterocycles. The Balaban J connectivity index is 2.54. The summed E-state index contributed by atoms with van der Waals surface area (Å²) in [6, 6.07) is 9.85. The highest BCUT2D eigenvalue weighted by Gasteiger charge is 1.97. The molecule has 0 N–H and O–H groups in total. The summed E-state index contributed by atoms with van der Waals surface area (Å²) < 4.78 is 5.26. The first-order chi connectivity index (χ1) is 5.84. The maximum Gasteiger partial charge on any atom is 0.138 e. The van der Waals surface area contributed by atoms with E-state index in [1.807, 2.05) is 36.6 Å². The van der Waals surface area contributed by atoms with E-state index in [-0.39, 0.29) is 0 Å². The van der Waals surface area contributed by atoms with Gasteiger partial charge in [-0.2, -0.15) is 0 Å². The largest absolute Gasteiger partial charge is 0.414 e. The van der Waals surface area contributed by atoms with Crippen LogP contribution in [-0.4, -0.2) is 6.26 Å². The van der Waals surface area contributed by atoms with Crippen LogP contribution >= 0.6 is 21.9 Å². The third-order valence-corrected chi connectivity index (χ3v) is 2.32. The average molecular weight is 198 g/mol. The molecule has 3 heteroatoms. The summed E-state index contributed by atoms with van der Waals surface area (Å²) in [5, 5.41) is 0. The summed E-state index contributed by atoms with van der Waals surface area (Å²) in [5.74, 6) is 0.704. The van der Waals surface area contributed by atoms with Gasteiger partial charge in [-0.15, -0.1) is 0 Å². The van der Waals surface area contributed by atoms with Gasteiger partial charge >= 0.3 is 0 Å². The zero-order valence-electron chi connectivity index (χ0n) is 6.82. The van der Waals surface area contributed by atoms with Crippen molar-refractivity contribution in [1.29, 1.82) is 0 Å². The van der Waals surface area contributed by atoms with E-state index >= 15 is 0 Å². The summed E-state index contributed by atoms with van der Waals surface area (Å²) in [7, 11) is 1.56. The first-order valence-corrected chi connectivity index (χ1v) is 5.94.